The van der Waals surface area contributed by atoms with Crippen LogP contribution in [0.4, 0.5) is 5.69 Å². The van der Waals surface area contributed by atoms with Gasteiger partial charge >= 0.3 is 0 Å². The van der Waals surface area contributed by atoms with Crippen LogP contribution in [0.5, 0.6) is 0 Å². The molecule has 0 spiro atoms. The first-order chi connectivity index (χ1) is 12.5. The van der Waals surface area contributed by atoms with Gasteiger partial charge in [0.25, 0.3) is 5.91 Å². The van der Waals surface area contributed by atoms with Crippen molar-refractivity contribution in [2.24, 2.45) is 0 Å². The van der Waals surface area contributed by atoms with E-state index in [0.29, 0.717) is 15.9 Å². The van der Waals surface area contributed by atoms with Crippen molar-refractivity contribution < 1.29 is 9.21 Å². The first-order valence-corrected chi connectivity index (χ1v) is 8.80. The number of carbonyl (C=O) groups is 1. The zero-order chi connectivity index (χ0) is 18.3. The van der Waals surface area contributed by atoms with E-state index in [1.807, 2.05) is 32.0 Å². The fourth-order valence-electron chi connectivity index (χ4n) is 2.80. The van der Waals surface area contributed by atoms with E-state index in [2.05, 4.69) is 37.5 Å². The van der Waals surface area contributed by atoms with Crippen LogP contribution in [0.1, 0.15) is 21.7 Å². The van der Waals surface area contributed by atoms with Crippen LogP contribution in [0.3, 0.4) is 0 Å². The standard InChI is InChI=1S/C19H15BrN4O2/c1-11-7-12(2)9-14(8-11)24-22-15-4-3-13(10-16(15)23-24)21-19(25)17-5-6-18(20)26-17/h3-10H,1-2H3,(H,21,25). The Morgan fingerprint density at radius 2 is 1.73 bits per heavy atom. The van der Waals surface area contributed by atoms with Gasteiger partial charge in [-0.1, -0.05) is 6.07 Å². The lowest BCUT2D eigenvalue weighted by Gasteiger charge is -2.02. The molecule has 2 aromatic carbocycles. The van der Waals surface area contributed by atoms with Crippen molar-refractivity contribution in [1.29, 1.82) is 0 Å². The summed E-state index contributed by atoms with van der Waals surface area (Å²) >= 11 is 3.19. The quantitative estimate of drug-likeness (QED) is 0.533. The van der Waals surface area contributed by atoms with Crippen LogP contribution in [-0.2, 0) is 0 Å². The van der Waals surface area contributed by atoms with Gasteiger partial charge in [-0.2, -0.15) is 4.80 Å². The van der Waals surface area contributed by atoms with Crippen LogP contribution < -0.4 is 5.32 Å². The van der Waals surface area contributed by atoms with E-state index in [4.69, 9.17) is 4.42 Å². The molecule has 0 radical (unpaired) electrons. The van der Waals surface area contributed by atoms with Gasteiger partial charge in [-0.3, -0.25) is 4.79 Å². The molecule has 6 nitrogen and oxygen atoms in total. The first kappa shape index (κ1) is 16.5. The number of benzene rings is 2. The summed E-state index contributed by atoms with van der Waals surface area (Å²) in [5, 5.41) is 11.8. The largest absolute Gasteiger partial charge is 0.444 e. The molecule has 1 amide bonds. The molecule has 1 N–H and O–H groups in total. The van der Waals surface area contributed by atoms with Crippen molar-refractivity contribution in [3.63, 3.8) is 0 Å². The second-order valence-electron chi connectivity index (χ2n) is 6.10. The van der Waals surface area contributed by atoms with Crippen LogP contribution in [0.15, 0.2) is 57.6 Å². The molecule has 0 atom stereocenters. The van der Waals surface area contributed by atoms with Crippen LogP contribution in [0, 0.1) is 13.8 Å². The number of anilines is 1. The SMILES string of the molecule is Cc1cc(C)cc(-n2nc3ccc(NC(=O)c4ccc(Br)o4)cc3n2)c1. The van der Waals surface area contributed by atoms with E-state index in [0.717, 1.165) is 22.3 Å². The summed E-state index contributed by atoms with van der Waals surface area (Å²) in [7, 11) is 0. The number of nitrogens with zero attached hydrogens (tertiary/aromatic N) is 3. The van der Waals surface area contributed by atoms with Gasteiger partial charge in [-0.25, -0.2) is 0 Å². The highest BCUT2D eigenvalue weighted by molar-refractivity contribution is 9.10. The Hall–Kier alpha value is -2.93. The maximum atomic E-state index is 12.2. The molecule has 0 bridgehead atoms. The minimum absolute atomic E-state index is 0.232. The van der Waals surface area contributed by atoms with Crippen molar-refractivity contribution >= 4 is 38.6 Å². The topological polar surface area (TPSA) is 73.0 Å². The second kappa shape index (κ2) is 6.42. The molecule has 7 heteroatoms. The number of nitrogens with one attached hydrogen (secondary N) is 1. The molecule has 2 aromatic heterocycles. The lowest BCUT2D eigenvalue weighted by Crippen LogP contribution is -2.10. The fourth-order valence-corrected chi connectivity index (χ4v) is 3.11. The third-order valence-electron chi connectivity index (χ3n) is 3.87. The van der Waals surface area contributed by atoms with Gasteiger partial charge in [-0.15, -0.1) is 10.2 Å². The molecule has 130 valence electrons. The maximum Gasteiger partial charge on any atom is 0.291 e. The summed E-state index contributed by atoms with van der Waals surface area (Å²) in [6, 6.07) is 14.9. The monoisotopic (exact) mass is 410 g/mol. The minimum Gasteiger partial charge on any atom is -0.444 e. The normalized spacial score (nSPS) is 11.0. The summed E-state index contributed by atoms with van der Waals surface area (Å²) in [5.41, 5.74) is 5.29. The number of amides is 1. The smallest absolute Gasteiger partial charge is 0.291 e. The highest BCUT2D eigenvalue weighted by atomic mass is 79.9. The Kier molecular flexibility index (Phi) is 4.08. The van der Waals surface area contributed by atoms with Crippen molar-refractivity contribution in [3.8, 4) is 5.69 Å². The molecule has 0 fully saturated rings. The van der Waals surface area contributed by atoms with Crippen molar-refractivity contribution in [2.75, 3.05) is 5.32 Å². The third-order valence-corrected chi connectivity index (χ3v) is 4.30. The molecular weight excluding hydrogens is 396 g/mol. The van der Waals surface area contributed by atoms with E-state index in [-0.39, 0.29) is 11.7 Å². The van der Waals surface area contributed by atoms with Gasteiger partial charge < -0.3 is 9.73 Å². The summed E-state index contributed by atoms with van der Waals surface area (Å²) in [6.45, 7) is 4.08. The molecule has 26 heavy (non-hydrogen) atoms. The van der Waals surface area contributed by atoms with Gasteiger partial charge in [0, 0.05) is 5.69 Å². The highest BCUT2D eigenvalue weighted by Crippen LogP contribution is 2.20. The number of hydrogen-bond acceptors (Lipinski definition) is 4. The Morgan fingerprint density at radius 3 is 2.42 bits per heavy atom. The Morgan fingerprint density at radius 1 is 1.00 bits per heavy atom. The minimum atomic E-state index is -0.322. The van der Waals surface area contributed by atoms with Crippen molar-refractivity contribution in [3.05, 3.63) is 70.1 Å². The van der Waals surface area contributed by atoms with Crippen molar-refractivity contribution in [1.82, 2.24) is 15.0 Å². The number of furan rings is 1. The molecule has 4 rings (SSSR count). The molecule has 0 saturated heterocycles. The Labute approximate surface area is 157 Å². The summed E-state index contributed by atoms with van der Waals surface area (Å²) in [6.07, 6.45) is 0. The van der Waals surface area contributed by atoms with E-state index >= 15 is 0 Å². The van der Waals surface area contributed by atoms with E-state index in [1.165, 1.54) is 0 Å². The maximum absolute atomic E-state index is 12.2. The van der Waals surface area contributed by atoms with Crippen molar-refractivity contribution in [2.45, 2.75) is 13.8 Å². The number of hydrogen-bond donors (Lipinski definition) is 1. The van der Waals surface area contributed by atoms with Crippen LogP contribution in [0.25, 0.3) is 16.7 Å². The summed E-state index contributed by atoms with van der Waals surface area (Å²) in [4.78, 5) is 13.8. The van der Waals surface area contributed by atoms with Crippen LogP contribution in [-0.4, -0.2) is 20.9 Å². The lowest BCUT2D eigenvalue weighted by atomic mass is 10.1. The summed E-state index contributed by atoms with van der Waals surface area (Å²) < 4.78 is 5.77. The van der Waals surface area contributed by atoms with Gasteiger partial charge in [0.05, 0.1) is 5.69 Å². The zero-order valence-corrected chi connectivity index (χ0v) is 15.7. The number of rotatable bonds is 3. The zero-order valence-electron chi connectivity index (χ0n) is 14.2. The molecule has 4 aromatic rings. The van der Waals surface area contributed by atoms with E-state index < -0.39 is 0 Å². The van der Waals surface area contributed by atoms with E-state index in [9.17, 15) is 4.79 Å². The number of carbonyl (C=O) groups excluding carboxylic acids is 1. The third kappa shape index (κ3) is 3.25. The second-order valence-corrected chi connectivity index (χ2v) is 6.88. The highest BCUT2D eigenvalue weighted by Gasteiger charge is 2.12. The molecule has 0 aliphatic rings. The molecule has 2 heterocycles. The lowest BCUT2D eigenvalue weighted by molar-refractivity contribution is 0.0995. The number of fused-ring (bicyclic) bond motifs is 1. The number of aryl methyl sites for hydroxylation is 2. The molecule has 0 aliphatic heterocycles. The molecule has 0 aliphatic carbocycles. The predicted octanol–water partition coefficient (Wildman–Crippen LogP) is 4.65. The molecular formula is C19H15BrN4O2. The van der Waals surface area contributed by atoms with Gasteiger partial charge in [-0.05, 0) is 83.4 Å². The first-order valence-electron chi connectivity index (χ1n) is 8.00. The fraction of sp³-hybridized carbons (Fsp3) is 0.105. The van der Waals surface area contributed by atoms with Crippen LogP contribution >= 0.6 is 15.9 Å². The molecule has 0 unspecified atom stereocenters. The average molecular weight is 411 g/mol. The predicted molar refractivity (Wildman–Crippen MR) is 103 cm³/mol. The number of aromatic nitrogens is 3. The average Bonchev–Trinajstić information content (AvgIpc) is 3.19. The van der Waals surface area contributed by atoms with Gasteiger partial charge in [0.15, 0.2) is 10.4 Å². The van der Waals surface area contributed by atoms with Gasteiger partial charge in [0.2, 0.25) is 0 Å². The van der Waals surface area contributed by atoms with E-state index in [1.54, 1.807) is 29.1 Å². The van der Waals surface area contributed by atoms with Crippen LogP contribution in [0.2, 0.25) is 0 Å². The number of halogens is 1. The Bertz CT molecular complexity index is 1110. The van der Waals surface area contributed by atoms with Gasteiger partial charge in [0.1, 0.15) is 11.0 Å². The Balaban J connectivity index is 1.64. The summed E-state index contributed by atoms with van der Waals surface area (Å²) in [5.74, 6) is -0.0902. The molecule has 0 saturated carbocycles.